The van der Waals surface area contributed by atoms with Crippen LogP contribution in [0.5, 0.6) is 0 Å². The highest BCUT2D eigenvalue weighted by molar-refractivity contribution is 7.88. The Hall–Kier alpha value is -3.14. The van der Waals surface area contributed by atoms with Gasteiger partial charge in [0.1, 0.15) is 11.6 Å². The minimum Gasteiger partial charge on any atom is -0.353 e. The van der Waals surface area contributed by atoms with E-state index in [9.17, 15) is 34.7 Å². The van der Waals surface area contributed by atoms with E-state index in [1.165, 1.54) is 39.5 Å². The van der Waals surface area contributed by atoms with Gasteiger partial charge in [-0.3, -0.25) is 9.27 Å². The average molecular weight is 560 g/mol. The summed E-state index contributed by atoms with van der Waals surface area (Å²) in [6.07, 6.45) is -3.86. The van der Waals surface area contributed by atoms with E-state index in [1.54, 1.807) is 6.07 Å². The van der Waals surface area contributed by atoms with Crippen LogP contribution in [0.15, 0.2) is 48.5 Å². The molecule has 1 unspecified atom stereocenters. The van der Waals surface area contributed by atoms with Crippen molar-refractivity contribution in [3.8, 4) is 22.4 Å². The monoisotopic (exact) mass is 559 g/mol. The summed E-state index contributed by atoms with van der Waals surface area (Å²) in [4.78, 5) is 9.18. The van der Waals surface area contributed by atoms with Crippen LogP contribution in [0.25, 0.3) is 22.4 Å². The van der Waals surface area contributed by atoms with Crippen molar-refractivity contribution in [2.45, 2.75) is 6.18 Å². The smallest absolute Gasteiger partial charge is 0.353 e. The van der Waals surface area contributed by atoms with Crippen LogP contribution in [0.3, 0.4) is 0 Å². The van der Waals surface area contributed by atoms with Gasteiger partial charge in [0.25, 0.3) is 11.3 Å². The van der Waals surface area contributed by atoms with Crippen LogP contribution in [0, 0.1) is 5.82 Å². The third-order valence-electron chi connectivity index (χ3n) is 5.62. The number of rotatable bonds is 6. The number of halogens is 4. The summed E-state index contributed by atoms with van der Waals surface area (Å²) < 4.78 is 103. The first kappa shape index (κ1) is 26.9. The Bertz CT molecular complexity index is 1430. The summed E-state index contributed by atoms with van der Waals surface area (Å²) in [5.41, 5.74) is 0.745. The van der Waals surface area contributed by atoms with Gasteiger partial charge in [0.05, 0.1) is 17.5 Å². The lowest BCUT2D eigenvalue weighted by atomic mass is 9.98. The van der Waals surface area contributed by atoms with Gasteiger partial charge in [-0.05, 0) is 42.0 Å². The van der Waals surface area contributed by atoms with E-state index in [1.807, 2.05) is 0 Å². The summed E-state index contributed by atoms with van der Waals surface area (Å²) >= 11 is -2.41. The molecular weight excluding hydrogens is 538 g/mol. The number of nitrogens with zero attached hydrogens (tertiary/aromatic N) is 4. The Balaban J connectivity index is 1.95. The Kier molecular flexibility index (Phi) is 7.50. The molecule has 2 heterocycles. The molecule has 3 aromatic rings. The summed E-state index contributed by atoms with van der Waals surface area (Å²) in [5.74, 6) is -2.11. The van der Waals surface area contributed by atoms with Crippen LogP contribution in [-0.4, -0.2) is 63.9 Å². The highest BCUT2D eigenvalue weighted by Gasteiger charge is 2.38. The lowest BCUT2D eigenvalue weighted by Gasteiger charge is -2.35. The summed E-state index contributed by atoms with van der Waals surface area (Å²) in [7, 11) is -3.50. The van der Waals surface area contributed by atoms with Crippen LogP contribution in [0.4, 0.5) is 29.1 Å². The number of hydrogen-bond donors (Lipinski definition) is 2. The standard InChI is InChI=1S/C22H21F4N5O4S2/c1-37(34,35)31-11-9-30(10-12-31)20-18(15-3-2-4-17(13-15)29-36(32)33)19(14-5-7-16(23)8-6-14)27-21(28-20)22(24,25)26/h2-8,13,29H,9-12H2,1H3,(H,32,33). The molecule has 0 spiro atoms. The Morgan fingerprint density at radius 2 is 1.65 bits per heavy atom. The third-order valence-corrected chi connectivity index (χ3v) is 7.34. The summed E-state index contributed by atoms with van der Waals surface area (Å²) in [5, 5.41) is 0. The zero-order valence-electron chi connectivity index (χ0n) is 19.2. The molecule has 1 aromatic heterocycles. The molecule has 1 fully saturated rings. The van der Waals surface area contributed by atoms with Gasteiger partial charge in [0.15, 0.2) is 0 Å². The Morgan fingerprint density at radius 3 is 2.22 bits per heavy atom. The van der Waals surface area contributed by atoms with Crippen LogP contribution >= 0.6 is 0 Å². The molecule has 0 radical (unpaired) electrons. The second kappa shape index (κ2) is 10.3. The van der Waals surface area contributed by atoms with Crippen LogP contribution in [0.2, 0.25) is 0 Å². The molecule has 15 heteroatoms. The minimum absolute atomic E-state index is 0.0284. The Labute approximate surface area is 212 Å². The van der Waals surface area contributed by atoms with Gasteiger partial charge in [-0.25, -0.2) is 27.0 Å². The van der Waals surface area contributed by atoms with E-state index < -0.39 is 39.1 Å². The second-order valence-corrected chi connectivity index (χ2v) is 10.9. The molecule has 0 bridgehead atoms. The molecule has 1 atom stereocenters. The first-order chi connectivity index (χ1) is 17.3. The predicted octanol–water partition coefficient (Wildman–Crippen LogP) is 3.60. The molecule has 37 heavy (non-hydrogen) atoms. The highest BCUT2D eigenvalue weighted by Crippen LogP contribution is 2.41. The normalized spacial score (nSPS) is 16.0. The maximum absolute atomic E-state index is 13.9. The van der Waals surface area contributed by atoms with Gasteiger partial charge in [0.2, 0.25) is 15.8 Å². The van der Waals surface area contributed by atoms with Gasteiger partial charge in [-0.2, -0.15) is 17.5 Å². The van der Waals surface area contributed by atoms with Crippen LogP contribution in [-0.2, 0) is 27.5 Å². The quantitative estimate of drug-likeness (QED) is 0.350. The molecular formula is C22H21F4N5O4S2. The topological polar surface area (TPSA) is 116 Å². The number of piperazine rings is 1. The fourth-order valence-electron chi connectivity index (χ4n) is 3.96. The lowest BCUT2D eigenvalue weighted by molar-refractivity contribution is -0.144. The number of alkyl halides is 3. The van der Waals surface area contributed by atoms with E-state index in [0.29, 0.717) is 5.56 Å². The fourth-order valence-corrected chi connectivity index (χ4v) is 5.11. The molecule has 1 aliphatic heterocycles. The van der Waals surface area contributed by atoms with E-state index in [-0.39, 0.29) is 54.5 Å². The van der Waals surface area contributed by atoms with Gasteiger partial charge in [0, 0.05) is 37.4 Å². The number of aromatic nitrogens is 2. The maximum atomic E-state index is 13.9. The van der Waals surface area contributed by atoms with Crippen molar-refractivity contribution >= 4 is 32.8 Å². The van der Waals surface area contributed by atoms with Crippen molar-refractivity contribution in [2.24, 2.45) is 0 Å². The minimum atomic E-state index is -4.91. The molecule has 2 aromatic carbocycles. The van der Waals surface area contributed by atoms with Crippen molar-refractivity contribution in [2.75, 3.05) is 42.1 Å². The maximum Gasteiger partial charge on any atom is 0.451 e. The number of nitrogens with one attached hydrogen (secondary N) is 1. The van der Waals surface area contributed by atoms with Crippen molar-refractivity contribution in [1.82, 2.24) is 14.3 Å². The number of anilines is 2. The molecule has 1 saturated heterocycles. The molecule has 198 valence electrons. The van der Waals surface area contributed by atoms with E-state index >= 15 is 0 Å². The Morgan fingerprint density at radius 1 is 1.00 bits per heavy atom. The largest absolute Gasteiger partial charge is 0.451 e. The molecule has 0 saturated carbocycles. The predicted molar refractivity (Wildman–Crippen MR) is 131 cm³/mol. The molecule has 2 N–H and O–H groups in total. The van der Waals surface area contributed by atoms with Crippen molar-refractivity contribution < 1.29 is 34.7 Å². The highest BCUT2D eigenvalue weighted by atomic mass is 32.2. The fraction of sp³-hybridized carbons (Fsp3) is 0.273. The lowest BCUT2D eigenvalue weighted by Crippen LogP contribution is -2.48. The third kappa shape index (κ3) is 6.23. The van der Waals surface area contributed by atoms with E-state index in [4.69, 9.17) is 0 Å². The number of hydrogen-bond acceptors (Lipinski definition) is 6. The number of benzene rings is 2. The average Bonchev–Trinajstić information content (AvgIpc) is 2.82. The number of sulfonamides is 1. The van der Waals surface area contributed by atoms with E-state index in [2.05, 4.69) is 14.7 Å². The first-order valence-corrected chi connectivity index (χ1v) is 13.7. The zero-order valence-corrected chi connectivity index (χ0v) is 20.9. The SMILES string of the molecule is CS(=O)(=O)N1CCN(c2nc(C(F)(F)F)nc(-c3ccc(F)cc3)c2-c2cccc(NS(=O)O)c2)CC1. The van der Waals surface area contributed by atoms with Crippen LogP contribution in [0.1, 0.15) is 5.82 Å². The summed E-state index contributed by atoms with van der Waals surface area (Å²) in [6, 6.07) is 10.8. The van der Waals surface area contributed by atoms with Gasteiger partial charge >= 0.3 is 6.18 Å². The van der Waals surface area contributed by atoms with Crippen LogP contribution < -0.4 is 9.62 Å². The van der Waals surface area contributed by atoms with Crippen molar-refractivity contribution in [3.05, 3.63) is 60.2 Å². The molecule has 1 aliphatic rings. The molecule has 9 nitrogen and oxygen atoms in total. The van der Waals surface area contributed by atoms with Crippen molar-refractivity contribution in [1.29, 1.82) is 0 Å². The second-order valence-electron chi connectivity index (χ2n) is 8.18. The van der Waals surface area contributed by atoms with Gasteiger partial charge < -0.3 is 4.90 Å². The van der Waals surface area contributed by atoms with Gasteiger partial charge in [-0.1, -0.05) is 12.1 Å². The summed E-state index contributed by atoms with van der Waals surface area (Å²) in [6.45, 7) is 0.160. The van der Waals surface area contributed by atoms with E-state index in [0.717, 1.165) is 18.4 Å². The van der Waals surface area contributed by atoms with Gasteiger partial charge in [-0.15, -0.1) is 0 Å². The molecule has 0 aliphatic carbocycles. The zero-order chi connectivity index (χ0) is 27.0. The first-order valence-electron chi connectivity index (χ1n) is 10.8. The van der Waals surface area contributed by atoms with Crippen molar-refractivity contribution in [3.63, 3.8) is 0 Å². The molecule has 0 amide bonds. The molecule has 4 rings (SSSR count).